The summed E-state index contributed by atoms with van der Waals surface area (Å²) < 4.78 is 0. The van der Waals surface area contributed by atoms with Crippen LogP contribution in [-0.2, 0) is 5.54 Å². The van der Waals surface area contributed by atoms with Crippen LogP contribution in [0.15, 0.2) is 24.3 Å². The monoisotopic (exact) mass is 218 g/mol. The topological polar surface area (TPSA) is 29.3 Å². The van der Waals surface area contributed by atoms with E-state index in [4.69, 9.17) is 5.73 Å². The predicted molar refractivity (Wildman–Crippen MR) is 68.4 cm³/mol. The number of hydrogen-bond acceptors (Lipinski definition) is 2. The van der Waals surface area contributed by atoms with Crippen LogP contribution in [0.2, 0.25) is 0 Å². The summed E-state index contributed by atoms with van der Waals surface area (Å²) in [6.45, 7) is 7.52. The SMILES string of the molecule is Cc1ccccc1[C@](C)(CN)N1CCCC1. The van der Waals surface area contributed by atoms with Crippen LogP contribution in [0.3, 0.4) is 0 Å². The zero-order valence-corrected chi connectivity index (χ0v) is 10.4. The van der Waals surface area contributed by atoms with Crippen LogP contribution in [0, 0.1) is 6.92 Å². The number of nitrogens with two attached hydrogens (primary N) is 1. The molecule has 1 aliphatic heterocycles. The summed E-state index contributed by atoms with van der Waals surface area (Å²) in [4.78, 5) is 2.54. The molecule has 0 aromatic heterocycles. The Morgan fingerprint density at radius 2 is 1.88 bits per heavy atom. The number of nitrogens with zero attached hydrogens (tertiary/aromatic N) is 1. The molecule has 2 nitrogen and oxygen atoms in total. The van der Waals surface area contributed by atoms with Gasteiger partial charge >= 0.3 is 0 Å². The van der Waals surface area contributed by atoms with Gasteiger partial charge in [0.05, 0.1) is 5.54 Å². The van der Waals surface area contributed by atoms with E-state index in [1.807, 2.05) is 0 Å². The van der Waals surface area contributed by atoms with Gasteiger partial charge in [0, 0.05) is 6.54 Å². The van der Waals surface area contributed by atoms with Crippen LogP contribution in [0.4, 0.5) is 0 Å². The van der Waals surface area contributed by atoms with Gasteiger partial charge in [0.2, 0.25) is 0 Å². The first-order valence-electron chi connectivity index (χ1n) is 6.20. The van der Waals surface area contributed by atoms with E-state index in [0.29, 0.717) is 6.54 Å². The van der Waals surface area contributed by atoms with E-state index in [0.717, 1.165) is 0 Å². The lowest BCUT2D eigenvalue weighted by atomic mass is 9.87. The van der Waals surface area contributed by atoms with Gasteiger partial charge in [-0.1, -0.05) is 24.3 Å². The highest BCUT2D eigenvalue weighted by molar-refractivity contribution is 5.33. The van der Waals surface area contributed by atoms with E-state index in [1.165, 1.54) is 37.1 Å². The Morgan fingerprint density at radius 1 is 1.25 bits per heavy atom. The Bertz CT molecular complexity index is 356. The number of benzene rings is 1. The highest BCUT2D eigenvalue weighted by atomic mass is 15.2. The van der Waals surface area contributed by atoms with Gasteiger partial charge in [0.15, 0.2) is 0 Å². The highest BCUT2D eigenvalue weighted by Gasteiger charge is 2.34. The molecule has 1 fully saturated rings. The minimum atomic E-state index is 0.0157. The summed E-state index contributed by atoms with van der Waals surface area (Å²) in [7, 11) is 0. The fourth-order valence-corrected chi connectivity index (χ4v) is 2.80. The van der Waals surface area contributed by atoms with E-state index < -0.39 is 0 Å². The highest BCUT2D eigenvalue weighted by Crippen LogP contribution is 2.32. The molecule has 0 spiro atoms. The van der Waals surface area contributed by atoms with Gasteiger partial charge in [-0.2, -0.15) is 0 Å². The fraction of sp³-hybridized carbons (Fsp3) is 0.571. The Labute approximate surface area is 98.4 Å². The third-order valence-electron chi connectivity index (χ3n) is 3.93. The van der Waals surface area contributed by atoms with Crippen molar-refractivity contribution in [3.63, 3.8) is 0 Å². The molecular weight excluding hydrogens is 196 g/mol. The lowest BCUT2D eigenvalue weighted by molar-refractivity contribution is 0.142. The van der Waals surface area contributed by atoms with Crippen LogP contribution in [0.1, 0.15) is 30.9 Å². The molecule has 0 unspecified atom stereocenters. The van der Waals surface area contributed by atoms with Gasteiger partial charge < -0.3 is 5.73 Å². The molecule has 16 heavy (non-hydrogen) atoms. The summed E-state index contributed by atoms with van der Waals surface area (Å²) in [5, 5.41) is 0. The zero-order chi connectivity index (χ0) is 11.6. The molecule has 0 aliphatic carbocycles. The first kappa shape index (κ1) is 11.6. The number of aryl methyl sites for hydroxylation is 1. The fourth-order valence-electron chi connectivity index (χ4n) is 2.80. The van der Waals surface area contributed by atoms with Gasteiger partial charge in [-0.25, -0.2) is 0 Å². The second-order valence-electron chi connectivity index (χ2n) is 4.99. The summed E-state index contributed by atoms with van der Waals surface area (Å²) in [6, 6.07) is 8.62. The standard InChI is InChI=1S/C14H22N2/c1-12-7-3-4-8-13(12)14(2,11-15)16-9-5-6-10-16/h3-4,7-8H,5-6,9-11,15H2,1-2H3/t14-/m0/s1. The minimum absolute atomic E-state index is 0.0157. The average molecular weight is 218 g/mol. The third kappa shape index (κ3) is 1.87. The van der Waals surface area contributed by atoms with Crippen molar-refractivity contribution in [1.82, 2.24) is 4.90 Å². The molecule has 1 aliphatic rings. The molecule has 0 saturated carbocycles. The Kier molecular flexibility index (Phi) is 3.31. The third-order valence-corrected chi connectivity index (χ3v) is 3.93. The van der Waals surface area contributed by atoms with E-state index in [9.17, 15) is 0 Å². The van der Waals surface area contributed by atoms with Gasteiger partial charge in [0.25, 0.3) is 0 Å². The first-order valence-corrected chi connectivity index (χ1v) is 6.20. The molecule has 2 rings (SSSR count). The van der Waals surface area contributed by atoms with Gasteiger partial charge in [-0.15, -0.1) is 0 Å². The molecule has 0 bridgehead atoms. The second kappa shape index (κ2) is 4.56. The zero-order valence-electron chi connectivity index (χ0n) is 10.4. The summed E-state index contributed by atoms with van der Waals surface area (Å²) >= 11 is 0. The predicted octanol–water partition coefficient (Wildman–Crippen LogP) is 2.26. The van der Waals surface area contributed by atoms with Crippen LogP contribution in [0.25, 0.3) is 0 Å². The summed E-state index contributed by atoms with van der Waals surface area (Å²) in [5.74, 6) is 0. The first-order chi connectivity index (χ1) is 7.68. The van der Waals surface area contributed by atoms with Gasteiger partial charge in [-0.05, 0) is 50.9 Å². The molecule has 1 aromatic carbocycles. The largest absolute Gasteiger partial charge is 0.328 e. The smallest absolute Gasteiger partial charge is 0.0557 e. The maximum Gasteiger partial charge on any atom is 0.0557 e. The molecule has 1 heterocycles. The maximum absolute atomic E-state index is 6.05. The molecular formula is C14H22N2. The molecule has 1 saturated heterocycles. The lowest BCUT2D eigenvalue weighted by Crippen LogP contribution is -2.48. The second-order valence-corrected chi connectivity index (χ2v) is 4.99. The number of likely N-dealkylation sites (tertiary alicyclic amines) is 1. The van der Waals surface area contributed by atoms with Crippen LogP contribution in [0.5, 0.6) is 0 Å². The molecule has 1 aromatic rings. The van der Waals surface area contributed by atoms with Crippen molar-refractivity contribution in [3.8, 4) is 0 Å². The van der Waals surface area contributed by atoms with Crippen molar-refractivity contribution in [2.75, 3.05) is 19.6 Å². The van der Waals surface area contributed by atoms with E-state index in [1.54, 1.807) is 0 Å². The molecule has 0 radical (unpaired) electrons. The van der Waals surface area contributed by atoms with Crippen LogP contribution >= 0.6 is 0 Å². The quantitative estimate of drug-likeness (QED) is 0.843. The number of rotatable bonds is 3. The Morgan fingerprint density at radius 3 is 2.44 bits per heavy atom. The molecule has 2 N–H and O–H groups in total. The van der Waals surface area contributed by atoms with Crippen molar-refractivity contribution >= 4 is 0 Å². The van der Waals surface area contributed by atoms with Crippen molar-refractivity contribution in [1.29, 1.82) is 0 Å². The van der Waals surface area contributed by atoms with Crippen molar-refractivity contribution in [2.45, 2.75) is 32.2 Å². The van der Waals surface area contributed by atoms with Gasteiger partial charge in [0.1, 0.15) is 0 Å². The summed E-state index contributed by atoms with van der Waals surface area (Å²) in [5.41, 5.74) is 8.80. The maximum atomic E-state index is 6.05. The average Bonchev–Trinajstić information content (AvgIpc) is 2.82. The number of hydrogen-bond donors (Lipinski definition) is 1. The van der Waals surface area contributed by atoms with Crippen LogP contribution < -0.4 is 5.73 Å². The minimum Gasteiger partial charge on any atom is -0.328 e. The molecule has 0 amide bonds. The molecule has 88 valence electrons. The van der Waals surface area contributed by atoms with Crippen molar-refractivity contribution in [3.05, 3.63) is 35.4 Å². The lowest BCUT2D eigenvalue weighted by Gasteiger charge is -2.39. The molecule has 1 atom stereocenters. The van der Waals surface area contributed by atoms with E-state index >= 15 is 0 Å². The summed E-state index contributed by atoms with van der Waals surface area (Å²) in [6.07, 6.45) is 2.61. The van der Waals surface area contributed by atoms with Crippen molar-refractivity contribution < 1.29 is 0 Å². The van der Waals surface area contributed by atoms with Gasteiger partial charge in [-0.3, -0.25) is 4.90 Å². The van der Waals surface area contributed by atoms with Crippen LogP contribution in [-0.4, -0.2) is 24.5 Å². The van der Waals surface area contributed by atoms with E-state index in [2.05, 4.69) is 43.0 Å². The normalized spacial score (nSPS) is 20.9. The molecule has 2 heteroatoms. The van der Waals surface area contributed by atoms with Crippen molar-refractivity contribution in [2.24, 2.45) is 5.73 Å². The Hall–Kier alpha value is -0.860. The Balaban J connectivity index is 2.37. The van der Waals surface area contributed by atoms with E-state index in [-0.39, 0.29) is 5.54 Å².